The number of carboxylic acids is 1. The predicted octanol–water partition coefficient (Wildman–Crippen LogP) is 1.90. The van der Waals surface area contributed by atoms with Gasteiger partial charge < -0.3 is 10.4 Å². The summed E-state index contributed by atoms with van der Waals surface area (Å²) in [5.74, 6) is -0.977. The third kappa shape index (κ3) is 9.73. The maximum atomic E-state index is 11.9. The Labute approximate surface area is 122 Å². The second-order valence-electron chi connectivity index (χ2n) is 4.54. The van der Waals surface area contributed by atoms with Crippen LogP contribution in [-0.2, 0) is 9.59 Å². The Morgan fingerprint density at radius 3 is 2.32 bits per heavy atom. The Balaban J connectivity index is 0. The summed E-state index contributed by atoms with van der Waals surface area (Å²) in [6.07, 6.45) is 4.03. The van der Waals surface area contributed by atoms with E-state index >= 15 is 0 Å². The van der Waals surface area contributed by atoms with Gasteiger partial charge in [0, 0.05) is 6.54 Å². The number of aliphatic carboxylic acids is 1. The Morgan fingerprint density at radius 1 is 1.21 bits per heavy atom. The molecule has 0 rings (SSSR count). The fourth-order valence-electron chi connectivity index (χ4n) is 1.77. The van der Waals surface area contributed by atoms with Crippen molar-refractivity contribution in [2.45, 2.75) is 52.5 Å². The zero-order chi connectivity index (χ0) is 14.0. The zero-order valence-electron chi connectivity index (χ0n) is 12.1. The molecule has 1 amide bonds. The number of carboxylic acid groups (broad SMARTS) is 1. The molecule has 0 spiro atoms. The van der Waals surface area contributed by atoms with Crippen LogP contribution in [0.15, 0.2) is 0 Å². The largest absolute Gasteiger partial charge is 0.480 e. The molecule has 6 heteroatoms. The number of nitrogens with one attached hydrogen (secondary N) is 1. The maximum Gasteiger partial charge on any atom is 0.317 e. The van der Waals surface area contributed by atoms with E-state index < -0.39 is 5.97 Å². The third-order valence-electron chi connectivity index (χ3n) is 2.86. The molecular weight excluding hydrogens is 268 g/mol. The predicted molar refractivity (Wildman–Crippen MR) is 78.7 cm³/mol. The van der Waals surface area contributed by atoms with Crippen molar-refractivity contribution < 1.29 is 14.7 Å². The molecule has 0 saturated carbocycles. The summed E-state index contributed by atoms with van der Waals surface area (Å²) in [5.41, 5.74) is 0. The summed E-state index contributed by atoms with van der Waals surface area (Å²) >= 11 is 0. The van der Waals surface area contributed by atoms with Gasteiger partial charge in [0.15, 0.2) is 0 Å². The summed E-state index contributed by atoms with van der Waals surface area (Å²) in [4.78, 5) is 24.3. The Kier molecular flexibility index (Phi) is 13.2. The van der Waals surface area contributed by atoms with Crippen molar-refractivity contribution in [3.8, 4) is 0 Å². The van der Waals surface area contributed by atoms with E-state index in [0.29, 0.717) is 13.1 Å². The first-order chi connectivity index (χ1) is 8.52. The van der Waals surface area contributed by atoms with Crippen LogP contribution in [0.2, 0.25) is 0 Å². The summed E-state index contributed by atoms with van der Waals surface area (Å²) in [5, 5.41) is 11.7. The minimum atomic E-state index is -0.894. The SMILES string of the molecule is CCCCCNC(=O)C(C)N(CCC)CC(=O)O.Cl. The molecule has 114 valence electrons. The van der Waals surface area contributed by atoms with Gasteiger partial charge in [-0.25, -0.2) is 0 Å². The van der Waals surface area contributed by atoms with Crippen molar-refractivity contribution in [3.63, 3.8) is 0 Å². The molecule has 0 radical (unpaired) electrons. The van der Waals surface area contributed by atoms with Gasteiger partial charge >= 0.3 is 5.97 Å². The first-order valence-corrected chi connectivity index (χ1v) is 6.76. The molecule has 5 nitrogen and oxygen atoms in total. The number of carbonyl (C=O) groups excluding carboxylic acids is 1. The van der Waals surface area contributed by atoms with Gasteiger partial charge in [0.1, 0.15) is 0 Å². The molecule has 0 aromatic carbocycles. The summed E-state index contributed by atoms with van der Waals surface area (Å²) < 4.78 is 0. The smallest absolute Gasteiger partial charge is 0.317 e. The van der Waals surface area contributed by atoms with Crippen molar-refractivity contribution in [3.05, 3.63) is 0 Å². The fourth-order valence-corrected chi connectivity index (χ4v) is 1.77. The molecule has 0 aliphatic heterocycles. The van der Waals surface area contributed by atoms with Gasteiger partial charge in [-0.15, -0.1) is 12.4 Å². The summed E-state index contributed by atoms with van der Waals surface area (Å²) in [6.45, 7) is 7.05. The second kappa shape index (κ2) is 12.2. The highest BCUT2D eigenvalue weighted by molar-refractivity contribution is 5.85. The van der Waals surface area contributed by atoms with Crippen LogP contribution < -0.4 is 5.32 Å². The molecule has 19 heavy (non-hydrogen) atoms. The number of nitrogens with zero attached hydrogens (tertiary/aromatic N) is 1. The number of hydrogen-bond acceptors (Lipinski definition) is 3. The van der Waals surface area contributed by atoms with Crippen LogP contribution in [0, 0.1) is 0 Å². The van der Waals surface area contributed by atoms with E-state index in [-0.39, 0.29) is 30.9 Å². The molecule has 1 atom stereocenters. The van der Waals surface area contributed by atoms with Crippen LogP contribution in [0.3, 0.4) is 0 Å². The van der Waals surface area contributed by atoms with Gasteiger partial charge in [0.2, 0.25) is 5.91 Å². The highest BCUT2D eigenvalue weighted by Crippen LogP contribution is 2.01. The van der Waals surface area contributed by atoms with Gasteiger partial charge in [0.05, 0.1) is 12.6 Å². The van der Waals surface area contributed by atoms with Crippen LogP contribution in [0.25, 0.3) is 0 Å². The minimum Gasteiger partial charge on any atom is -0.480 e. The molecule has 0 saturated heterocycles. The quantitative estimate of drug-likeness (QED) is 0.604. The molecule has 2 N–H and O–H groups in total. The number of halogens is 1. The number of amides is 1. The molecule has 1 unspecified atom stereocenters. The first-order valence-electron chi connectivity index (χ1n) is 6.76. The fraction of sp³-hybridized carbons (Fsp3) is 0.846. The van der Waals surface area contributed by atoms with Crippen molar-refractivity contribution in [2.75, 3.05) is 19.6 Å². The van der Waals surface area contributed by atoms with E-state index in [2.05, 4.69) is 12.2 Å². The Hall–Kier alpha value is -0.810. The first kappa shape index (κ1) is 20.5. The van der Waals surface area contributed by atoms with Crippen molar-refractivity contribution in [1.29, 1.82) is 0 Å². The average molecular weight is 295 g/mol. The average Bonchev–Trinajstić information content (AvgIpc) is 2.32. The molecule has 0 fully saturated rings. The summed E-state index contributed by atoms with van der Waals surface area (Å²) in [6, 6.07) is -0.386. The van der Waals surface area contributed by atoms with Crippen LogP contribution in [0.1, 0.15) is 46.5 Å². The topological polar surface area (TPSA) is 69.6 Å². The number of unbranched alkanes of at least 4 members (excludes halogenated alkanes) is 2. The van der Waals surface area contributed by atoms with E-state index in [1.54, 1.807) is 11.8 Å². The van der Waals surface area contributed by atoms with E-state index in [4.69, 9.17) is 5.11 Å². The molecule has 0 aromatic heterocycles. The van der Waals surface area contributed by atoms with E-state index in [1.165, 1.54) is 0 Å². The Bertz CT molecular complexity index is 262. The lowest BCUT2D eigenvalue weighted by molar-refractivity contribution is -0.139. The van der Waals surface area contributed by atoms with Crippen LogP contribution in [0.5, 0.6) is 0 Å². The van der Waals surface area contributed by atoms with Crippen LogP contribution >= 0.6 is 12.4 Å². The molecule has 0 aliphatic carbocycles. The molecule has 0 bridgehead atoms. The monoisotopic (exact) mass is 294 g/mol. The van der Waals surface area contributed by atoms with E-state index in [9.17, 15) is 9.59 Å². The number of carbonyl (C=O) groups is 2. The molecule has 0 aliphatic rings. The zero-order valence-corrected chi connectivity index (χ0v) is 13.0. The van der Waals surface area contributed by atoms with Crippen LogP contribution in [-0.4, -0.2) is 47.6 Å². The minimum absolute atomic E-state index is 0. The van der Waals surface area contributed by atoms with Crippen LogP contribution in [0.4, 0.5) is 0 Å². The highest BCUT2D eigenvalue weighted by atomic mass is 35.5. The summed E-state index contributed by atoms with van der Waals surface area (Å²) in [7, 11) is 0. The van der Waals surface area contributed by atoms with E-state index in [1.807, 2.05) is 6.92 Å². The van der Waals surface area contributed by atoms with Gasteiger partial charge in [0.25, 0.3) is 0 Å². The molecule has 0 aromatic rings. The molecule has 0 heterocycles. The lowest BCUT2D eigenvalue weighted by Crippen LogP contribution is -2.47. The van der Waals surface area contributed by atoms with Gasteiger partial charge in [-0.1, -0.05) is 26.7 Å². The van der Waals surface area contributed by atoms with E-state index in [0.717, 1.165) is 25.7 Å². The number of rotatable bonds is 10. The van der Waals surface area contributed by atoms with Crippen molar-refractivity contribution in [2.24, 2.45) is 0 Å². The van der Waals surface area contributed by atoms with Gasteiger partial charge in [-0.2, -0.15) is 0 Å². The normalized spacial score (nSPS) is 11.8. The lowest BCUT2D eigenvalue weighted by Gasteiger charge is -2.26. The standard InChI is InChI=1S/C13H26N2O3.ClH/c1-4-6-7-8-14-13(18)11(3)15(9-5-2)10-12(16)17;/h11H,4-10H2,1-3H3,(H,14,18)(H,16,17);1H. The third-order valence-corrected chi connectivity index (χ3v) is 2.86. The van der Waals surface area contributed by atoms with Crippen molar-refractivity contribution >= 4 is 24.3 Å². The van der Waals surface area contributed by atoms with Crippen molar-refractivity contribution in [1.82, 2.24) is 10.2 Å². The molecular formula is C13H27ClN2O3. The second-order valence-corrected chi connectivity index (χ2v) is 4.54. The Morgan fingerprint density at radius 2 is 1.84 bits per heavy atom. The maximum absolute atomic E-state index is 11.9. The lowest BCUT2D eigenvalue weighted by atomic mass is 10.2. The number of hydrogen-bond donors (Lipinski definition) is 2. The van der Waals surface area contributed by atoms with Gasteiger partial charge in [-0.05, 0) is 26.3 Å². The van der Waals surface area contributed by atoms with Gasteiger partial charge in [-0.3, -0.25) is 14.5 Å². The highest BCUT2D eigenvalue weighted by Gasteiger charge is 2.21.